The minimum absolute atomic E-state index is 0.273. The third-order valence-electron chi connectivity index (χ3n) is 4.07. The molecule has 3 aromatic rings. The number of methoxy groups -OCH3 is 2. The number of nitrogens with one attached hydrogen (secondary N) is 1. The second kappa shape index (κ2) is 7.78. The Morgan fingerprint density at radius 1 is 0.885 bits per heavy atom. The third kappa shape index (κ3) is 3.88. The number of hydrogen-bond donors (Lipinski definition) is 1. The van der Waals surface area contributed by atoms with Crippen LogP contribution in [0.4, 0.5) is 5.69 Å². The van der Waals surface area contributed by atoms with E-state index in [9.17, 15) is 4.79 Å². The third-order valence-corrected chi connectivity index (χ3v) is 4.07. The maximum absolute atomic E-state index is 12.5. The number of hydrogen-bond acceptors (Lipinski definition) is 4. The summed E-state index contributed by atoms with van der Waals surface area (Å²) in [6.45, 7) is 1.71. The van der Waals surface area contributed by atoms with E-state index < -0.39 is 6.10 Å². The quantitative estimate of drug-likeness (QED) is 0.721. The maximum atomic E-state index is 12.5. The smallest absolute Gasteiger partial charge is 0.265 e. The Hall–Kier alpha value is -3.21. The molecular weight excluding hydrogens is 330 g/mol. The summed E-state index contributed by atoms with van der Waals surface area (Å²) in [5.41, 5.74) is 0.533. The molecule has 0 saturated carbocycles. The lowest BCUT2D eigenvalue weighted by Crippen LogP contribution is -2.30. The lowest BCUT2D eigenvalue weighted by molar-refractivity contribution is -0.122. The van der Waals surface area contributed by atoms with Gasteiger partial charge in [-0.3, -0.25) is 4.79 Å². The topological polar surface area (TPSA) is 56.8 Å². The first kappa shape index (κ1) is 17.6. The van der Waals surface area contributed by atoms with Gasteiger partial charge >= 0.3 is 0 Å². The SMILES string of the molecule is COc1ccc(OC)c(NC(=O)[C@H](C)Oc2ccc3ccccc3c2)c1. The Balaban J connectivity index is 1.73. The van der Waals surface area contributed by atoms with Crippen LogP contribution in [0.15, 0.2) is 60.7 Å². The van der Waals surface area contributed by atoms with Gasteiger partial charge in [-0.1, -0.05) is 30.3 Å². The van der Waals surface area contributed by atoms with Crippen molar-refractivity contribution in [2.45, 2.75) is 13.0 Å². The van der Waals surface area contributed by atoms with Crippen molar-refractivity contribution >= 4 is 22.4 Å². The van der Waals surface area contributed by atoms with Gasteiger partial charge in [0.1, 0.15) is 17.2 Å². The lowest BCUT2D eigenvalue weighted by atomic mass is 10.1. The number of amides is 1. The normalized spacial score (nSPS) is 11.7. The molecule has 0 fully saturated rings. The van der Waals surface area contributed by atoms with Crippen molar-refractivity contribution in [2.75, 3.05) is 19.5 Å². The number of rotatable bonds is 6. The number of benzene rings is 3. The Morgan fingerprint density at radius 3 is 2.35 bits per heavy atom. The van der Waals surface area contributed by atoms with Crippen molar-refractivity contribution in [3.63, 3.8) is 0 Å². The summed E-state index contributed by atoms with van der Waals surface area (Å²) in [5, 5.41) is 5.01. The summed E-state index contributed by atoms with van der Waals surface area (Å²) >= 11 is 0. The second-order valence-corrected chi connectivity index (χ2v) is 5.82. The predicted molar refractivity (Wildman–Crippen MR) is 102 cm³/mol. The van der Waals surface area contributed by atoms with Crippen molar-refractivity contribution in [1.82, 2.24) is 0 Å². The molecule has 0 radical (unpaired) electrons. The molecule has 1 N–H and O–H groups in total. The van der Waals surface area contributed by atoms with Gasteiger partial charge in [-0.05, 0) is 42.0 Å². The summed E-state index contributed by atoms with van der Waals surface area (Å²) in [5.74, 6) is 1.55. The van der Waals surface area contributed by atoms with Crippen molar-refractivity contribution in [2.24, 2.45) is 0 Å². The molecule has 26 heavy (non-hydrogen) atoms. The number of anilines is 1. The lowest BCUT2D eigenvalue weighted by Gasteiger charge is -2.17. The molecule has 5 nitrogen and oxygen atoms in total. The van der Waals surface area contributed by atoms with Crippen LogP contribution >= 0.6 is 0 Å². The minimum atomic E-state index is -0.674. The van der Waals surface area contributed by atoms with Crippen LogP contribution in [0, 0.1) is 0 Å². The molecule has 0 spiro atoms. The second-order valence-electron chi connectivity index (χ2n) is 5.82. The van der Waals surface area contributed by atoms with Gasteiger partial charge in [0, 0.05) is 6.07 Å². The van der Waals surface area contributed by atoms with Gasteiger partial charge in [-0.25, -0.2) is 0 Å². The van der Waals surface area contributed by atoms with E-state index in [0.717, 1.165) is 10.8 Å². The fourth-order valence-corrected chi connectivity index (χ4v) is 2.64. The van der Waals surface area contributed by atoms with Crippen LogP contribution in [-0.4, -0.2) is 26.2 Å². The molecule has 3 rings (SSSR count). The Kier molecular flexibility index (Phi) is 5.27. The Bertz CT molecular complexity index is 923. The molecule has 0 bridgehead atoms. The van der Waals surface area contributed by atoms with E-state index in [1.165, 1.54) is 0 Å². The highest BCUT2D eigenvalue weighted by Gasteiger charge is 2.17. The van der Waals surface area contributed by atoms with Crippen molar-refractivity contribution in [3.8, 4) is 17.2 Å². The Morgan fingerprint density at radius 2 is 1.62 bits per heavy atom. The van der Waals surface area contributed by atoms with Gasteiger partial charge in [0.25, 0.3) is 5.91 Å². The van der Waals surface area contributed by atoms with E-state index in [2.05, 4.69) is 5.32 Å². The minimum Gasteiger partial charge on any atom is -0.497 e. The summed E-state index contributed by atoms with van der Waals surface area (Å²) in [7, 11) is 3.12. The highest BCUT2D eigenvalue weighted by molar-refractivity contribution is 5.95. The molecule has 1 atom stereocenters. The van der Waals surface area contributed by atoms with Crippen LogP contribution in [-0.2, 0) is 4.79 Å². The fraction of sp³-hybridized carbons (Fsp3) is 0.190. The van der Waals surface area contributed by atoms with Gasteiger partial charge in [-0.15, -0.1) is 0 Å². The monoisotopic (exact) mass is 351 g/mol. The van der Waals surface area contributed by atoms with Crippen LogP contribution in [0.5, 0.6) is 17.2 Å². The number of carbonyl (C=O) groups excluding carboxylic acids is 1. The van der Waals surface area contributed by atoms with Crippen LogP contribution in [0.1, 0.15) is 6.92 Å². The van der Waals surface area contributed by atoms with Crippen molar-refractivity contribution in [3.05, 3.63) is 60.7 Å². The predicted octanol–water partition coefficient (Wildman–Crippen LogP) is 4.26. The van der Waals surface area contributed by atoms with Gasteiger partial charge < -0.3 is 19.5 Å². The highest BCUT2D eigenvalue weighted by Crippen LogP contribution is 2.29. The first-order valence-electron chi connectivity index (χ1n) is 8.29. The molecule has 0 aliphatic carbocycles. The first-order valence-corrected chi connectivity index (χ1v) is 8.29. The van der Waals surface area contributed by atoms with Crippen LogP contribution in [0.25, 0.3) is 10.8 Å². The van der Waals surface area contributed by atoms with E-state index in [4.69, 9.17) is 14.2 Å². The van der Waals surface area contributed by atoms with E-state index in [1.54, 1.807) is 39.3 Å². The molecule has 1 amide bonds. The van der Waals surface area contributed by atoms with Crippen molar-refractivity contribution < 1.29 is 19.0 Å². The molecule has 0 aliphatic heterocycles. The number of carbonyl (C=O) groups is 1. The average molecular weight is 351 g/mol. The standard InChI is InChI=1S/C21H21NO4/c1-14(26-18-9-8-15-6-4-5-7-16(15)12-18)21(23)22-19-13-17(24-2)10-11-20(19)25-3/h4-14H,1-3H3,(H,22,23)/t14-/m0/s1. The van der Waals surface area contributed by atoms with Crippen molar-refractivity contribution in [1.29, 1.82) is 0 Å². The molecule has 3 aromatic carbocycles. The first-order chi connectivity index (χ1) is 12.6. The average Bonchev–Trinajstić information content (AvgIpc) is 2.67. The zero-order chi connectivity index (χ0) is 18.5. The largest absolute Gasteiger partial charge is 0.497 e. The van der Waals surface area contributed by atoms with Gasteiger partial charge in [0.15, 0.2) is 6.10 Å². The molecule has 5 heteroatoms. The number of fused-ring (bicyclic) bond motifs is 1. The van der Waals surface area contributed by atoms with Crippen LogP contribution in [0.3, 0.4) is 0 Å². The summed E-state index contributed by atoms with van der Waals surface area (Å²) in [6, 6.07) is 19.0. The van der Waals surface area contributed by atoms with Gasteiger partial charge in [0.05, 0.1) is 19.9 Å². The number of ether oxygens (including phenoxy) is 3. The molecule has 0 aromatic heterocycles. The molecule has 0 unspecified atom stereocenters. The Labute approximate surface area is 152 Å². The fourth-order valence-electron chi connectivity index (χ4n) is 2.64. The van der Waals surface area contributed by atoms with E-state index in [0.29, 0.717) is 22.9 Å². The molecule has 0 aliphatic rings. The van der Waals surface area contributed by atoms with Crippen LogP contribution in [0.2, 0.25) is 0 Å². The highest BCUT2D eigenvalue weighted by atomic mass is 16.5. The summed E-state index contributed by atoms with van der Waals surface area (Å²) in [4.78, 5) is 12.5. The van der Waals surface area contributed by atoms with E-state index >= 15 is 0 Å². The summed E-state index contributed by atoms with van der Waals surface area (Å²) in [6.07, 6.45) is -0.674. The van der Waals surface area contributed by atoms with Gasteiger partial charge in [-0.2, -0.15) is 0 Å². The zero-order valence-corrected chi connectivity index (χ0v) is 15.0. The molecular formula is C21H21NO4. The van der Waals surface area contributed by atoms with E-state index in [1.807, 2.05) is 42.5 Å². The summed E-state index contributed by atoms with van der Waals surface area (Å²) < 4.78 is 16.3. The molecule has 0 heterocycles. The molecule has 0 saturated heterocycles. The van der Waals surface area contributed by atoms with Gasteiger partial charge in [0.2, 0.25) is 0 Å². The van der Waals surface area contributed by atoms with E-state index in [-0.39, 0.29) is 5.91 Å². The zero-order valence-electron chi connectivity index (χ0n) is 15.0. The van der Waals surface area contributed by atoms with Crippen LogP contribution < -0.4 is 19.5 Å². The maximum Gasteiger partial charge on any atom is 0.265 e. The molecule has 134 valence electrons.